The summed E-state index contributed by atoms with van der Waals surface area (Å²) in [7, 11) is -3.73. The molecule has 0 fully saturated rings. The minimum absolute atomic E-state index is 0.0323. The smallest absolute Gasteiger partial charge is 0.335 e. The average molecular weight is 311 g/mol. The molecule has 0 aromatic heterocycles. The van der Waals surface area contributed by atoms with Crippen LogP contribution in [0.2, 0.25) is 0 Å². The lowest BCUT2D eigenvalue weighted by Gasteiger charge is -2.24. The van der Waals surface area contributed by atoms with E-state index in [0.717, 1.165) is 30.4 Å². The number of benzene rings is 1. The first-order valence-corrected chi connectivity index (χ1v) is 8.51. The van der Waals surface area contributed by atoms with Crippen LogP contribution >= 0.6 is 0 Å². The van der Waals surface area contributed by atoms with Crippen LogP contribution in [0, 0.1) is 0 Å². The van der Waals surface area contributed by atoms with E-state index in [9.17, 15) is 18.3 Å². The van der Waals surface area contributed by atoms with Crippen molar-refractivity contribution in [2.75, 3.05) is 0 Å². The molecular formula is C15H21NO4S. The number of aromatic carboxylic acids is 1. The van der Waals surface area contributed by atoms with Gasteiger partial charge in [0.1, 0.15) is 0 Å². The molecule has 0 bridgehead atoms. The van der Waals surface area contributed by atoms with Crippen molar-refractivity contribution in [3.63, 3.8) is 0 Å². The molecule has 116 valence electrons. The minimum atomic E-state index is -3.73. The quantitative estimate of drug-likeness (QED) is 0.897. The molecule has 0 unspecified atom stereocenters. The molecule has 1 aromatic carbocycles. The summed E-state index contributed by atoms with van der Waals surface area (Å²) in [6, 6.07) is 2.88. The molecule has 1 aliphatic rings. The van der Waals surface area contributed by atoms with Gasteiger partial charge in [0.05, 0.1) is 10.5 Å². The van der Waals surface area contributed by atoms with Crippen LogP contribution in [-0.2, 0) is 22.9 Å². The number of hydrogen-bond donors (Lipinski definition) is 2. The zero-order valence-corrected chi connectivity index (χ0v) is 13.4. The summed E-state index contributed by atoms with van der Waals surface area (Å²) in [6.07, 6.45) is 3.30. The van der Waals surface area contributed by atoms with E-state index < -0.39 is 21.5 Å². The van der Waals surface area contributed by atoms with Gasteiger partial charge in [-0.15, -0.1) is 0 Å². The first-order chi connectivity index (χ1) is 9.60. The minimum Gasteiger partial charge on any atom is -0.478 e. The number of sulfonamides is 1. The van der Waals surface area contributed by atoms with Gasteiger partial charge in [-0.05, 0) is 69.7 Å². The van der Waals surface area contributed by atoms with E-state index in [0.29, 0.717) is 6.42 Å². The van der Waals surface area contributed by atoms with E-state index in [1.165, 1.54) is 6.07 Å². The lowest BCUT2D eigenvalue weighted by atomic mass is 9.90. The van der Waals surface area contributed by atoms with Crippen molar-refractivity contribution in [3.8, 4) is 0 Å². The van der Waals surface area contributed by atoms with Gasteiger partial charge in [0.25, 0.3) is 0 Å². The standard InChI is InChI=1S/C15H21NO4S/c1-15(2,3)16-21(19,20)13-9-11(14(17)18)8-10-6-4-5-7-12(10)13/h8-9,16H,4-7H2,1-3H3,(H,17,18). The van der Waals surface area contributed by atoms with Crippen molar-refractivity contribution in [2.45, 2.75) is 56.9 Å². The summed E-state index contributed by atoms with van der Waals surface area (Å²) in [5.74, 6) is -1.10. The van der Waals surface area contributed by atoms with Crippen LogP contribution in [0.3, 0.4) is 0 Å². The van der Waals surface area contributed by atoms with Crippen LogP contribution in [0.4, 0.5) is 0 Å². The van der Waals surface area contributed by atoms with Crippen molar-refractivity contribution in [2.24, 2.45) is 0 Å². The largest absolute Gasteiger partial charge is 0.478 e. The Bertz CT molecular complexity index is 672. The Morgan fingerprint density at radius 2 is 1.81 bits per heavy atom. The second-order valence-electron chi connectivity index (χ2n) is 6.48. The molecule has 0 amide bonds. The number of carboxylic acids is 1. The monoisotopic (exact) mass is 311 g/mol. The Labute approximate surface area is 125 Å². The Kier molecular flexibility index (Phi) is 4.13. The van der Waals surface area contributed by atoms with Gasteiger partial charge in [0.2, 0.25) is 10.0 Å². The van der Waals surface area contributed by atoms with Gasteiger partial charge < -0.3 is 5.11 Å². The predicted molar refractivity (Wildman–Crippen MR) is 80.1 cm³/mol. The fourth-order valence-electron chi connectivity index (χ4n) is 2.65. The maximum atomic E-state index is 12.6. The van der Waals surface area contributed by atoms with Gasteiger partial charge in [-0.2, -0.15) is 0 Å². The molecule has 0 radical (unpaired) electrons. The fourth-order valence-corrected chi connectivity index (χ4v) is 4.40. The number of carbonyl (C=O) groups is 1. The maximum Gasteiger partial charge on any atom is 0.335 e. The average Bonchev–Trinajstić information content (AvgIpc) is 2.34. The third kappa shape index (κ3) is 3.63. The molecular weight excluding hydrogens is 290 g/mol. The highest BCUT2D eigenvalue weighted by molar-refractivity contribution is 7.89. The molecule has 1 aliphatic carbocycles. The van der Waals surface area contributed by atoms with E-state index in [-0.39, 0.29) is 10.5 Å². The van der Waals surface area contributed by atoms with Crippen molar-refractivity contribution in [3.05, 3.63) is 28.8 Å². The predicted octanol–water partition coefficient (Wildman–Crippen LogP) is 2.34. The molecule has 0 atom stereocenters. The zero-order chi connectivity index (χ0) is 15.8. The molecule has 0 heterocycles. The number of fused-ring (bicyclic) bond motifs is 1. The van der Waals surface area contributed by atoms with Crippen molar-refractivity contribution < 1.29 is 18.3 Å². The Morgan fingerprint density at radius 1 is 1.19 bits per heavy atom. The topological polar surface area (TPSA) is 83.5 Å². The van der Waals surface area contributed by atoms with E-state index >= 15 is 0 Å². The van der Waals surface area contributed by atoms with Crippen LogP contribution in [0.1, 0.15) is 55.1 Å². The Balaban J connectivity index is 2.61. The van der Waals surface area contributed by atoms with Crippen LogP contribution in [0.15, 0.2) is 17.0 Å². The van der Waals surface area contributed by atoms with Crippen LogP contribution < -0.4 is 4.72 Å². The molecule has 0 aliphatic heterocycles. The summed E-state index contributed by atoms with van der Waals surface area (Å²) >= 11 is 0. The van der Waals surface area contributed by atoms with Gasteiger partial charge in [-0.3, -0.25) is 0 Å². The molecule has 2 rings (SSSR count). The Morgan fingerprint density at radius 3 is 2.38 bits per heavy atom. The Hall–Kier alpha value is -1.40. The summed E-state index contributed by atoms with van der Waals surface area (Å²) in [4.78, 5) is 11.4. The van der Waals surface area contributed by atoms with E-state index in [1.54, 1.807) is 26.8 Å². The van der Waals surface area contributed by atoms with Crippen LogP contribution in [-0.4, -0.2) is 25.0 Å². The van der Waals surface area contributed by atoms with Crippen molar-refractivity contribution in [1.29, 1.82) is 0 Å². The van der Waals surface area contributed by atoms with Crippen LogP contribution in [0.5, 0.6) is 0 Å². The number of carboxylic acid groups (broad SMARTS) is 1. The third-order valence-corrected chi connectivity index (χ3v) is 5.23. The van der Waals surface area contributed by atoms with Gasteiger partial charge in [0.15, 0.2) is 0 Å². The van der Waals surface area contributed by atoms with E-state index in [4.69, 9.17) is 0 Å². The molecule has 21 heavy (non-hydrogen) atoms. The van der Waals surface area contributed by atoms with E-state index in [2.05, 4.69) is 4.72 Å². The molecule has 0 saturated heterocycles. The number of aryl methyl sites for hydroxylation is 1. The second kappa shape index (κ2) is 5.42. The number of rotatable bonds is 3. The third-order valence-electron chi connectivity index (χ3n) is 3.40. The number of hydrogen-bond acceptors (Lipinski definition) is 3. The molecule has 0 saturated carbocycles. The molecule has 6 heteroatoms. The molecule has 5 nitrogen and oxygen atoms in total. The second-order valence-corrected chi connectivity index (χ2v) is 8.13. The molecule has 1 aromatic rings. The lowest BCUT2D eigenvalue weighted by molar-refractivity contribution is 0.0696. The van der Waals surface area contributed by atoms with Gasteiger partial charge >= 0.3 is 5.97 Å². The fraction of sp³-hybridized carbons (Fsp3) is 0.533. The summed E-state index contributed by atoms with van der Waals surface area (Å²) in [5.41, 5.74) is 1.03. The highest BCUT2D eigenvalue weighted by Crippen LogP contribution is 2.29. The SMILES string of the molecule is CC(C)(C)NS(=O)(=O)c1cc(C(=O)O)cc2c1CCCC2. The highest BCUT2D eigenvalue weighted by atomic mass is 32.2. The normalized spacial score (nSPS) is 15.6. The van der Waals surface area contributed by atoms with Crippen LogP contribution in [0.25, 0.3) is 0 Å². The highest BCUT2D eigenvalue weighted by Gasteiger charge is 2.28. The van der Waals surface area contributed by atoms with E-state index in [1.807, 2.05) is 0 Å². The summed E-state index contributed by atoms with van der Waals surface area (Å²) in [6.45, 7) is 5.29. The lowest BCUT2D eigenvalue weighted by Crippen LogP contribution is -2.41. The maximum absolute atomic E-state index is 12.6. The number of nitrogens with one attached hydrogen (secondary N) is 1. The first-order valence-electron chi connectivity index (χ1n) is 7.03. The van der Waals surface area contributed by atoms with Gasteiger partial charge in [-0.25, -0.2) is 17.9 Å². The van der Waals surface area contributed by atoms with Crippen molar-refractivity contribution >= 4 is 16.0 Å². The molecule has 2 N–H and O–H groups in total. The summed E-state index contributed by atoms with van der Waals surface area (Å²) < 4.78 is 27.8. The van der Waals surface area contributed by atoms with Crippen molar-refractivity contribution in [1.82, 2.24) is 4.72 Å². The zero-order valence-electron chi connectivity index (χ0n) is 12.6. The van der Waals surface area contributed by atoms with Gasteiger partial charge in [-0.1, -0.05) is 0 Å². The first kappa shape index (κ1) is 16.0. The summed E-state index contributed by atoms with van der Waals surface area (Å²) in [5, 5.41) is 9.19. The van der Waals surface area contributed by atoms with Gasteiger partial charge in [0, 0.05) is 5.54 Å². The molecule has 0 spiro atoms.